The van der Waals surface area contributed by atoms with Crippen molar-refractivity contribution in [3.05, 3.63) is 52.9 Å². The summed E-state index contributed by atoms with van der Waals surface area (Å²) in [4.78, 5) is 4.01. The number of halogens is 3. The van der Waals surface area contributed by atoms with E-state index in [0.29, 0.717) is 11.5 Å². The van der Waals surface area contributed by atoms with E-state index in [9.17, 15) is 17.2 Å². The smallest absolute Gasteiger partial charge is 0.250 e. The van der Waals surface area contributed by atoms with Gasteiger partial charge in [0.05, 0.1) is 6.04 Å². The Balaban J connectivity index is 0.00000364. The highest BCUT2D eigenvalue weighted by Crippen LogP contribution is 2.17. The number of nitrogens with zero attached hydrogens (tertiary/aromatic N) is 1. The Labute approximate surface area is 178 Å². The van der Waals surface area contributed by atoms with E-state index in [1.807, 2.05) is 0 Å². The summed E-state index contributed by atoms with van der Waals surface area (Å²) in [6.45, 7) is 2.14. The summed E-state index contributed by atoms with van der Waals surface area (Å²) >= 11 is 1.14. The lowest BCUT2D eigenvalue weighted by atomic mass is 10.1. The molecule has 3 N–H and O–H groups in total. The molecule has 6 nitrogen and oxygen atoms in total. The first kappa shape index (κ1) is 23.7. The topological polar surface area (TPSA) is 82.6 Å². The van der Waals surface area contributed by atoms with Crippen LogP contribution >= 0.6 is 35.3 Å². The molecule has 1 heterocycles. The SMILES string of the molecule is CN=C(NCCNS(=O)(=O)c1cccs1)NC(C)c1ccc(F)cc1F.I. The van der Waals surface area contributed by atoms with Gasteiger partial charge in [-0.15, -0.1) is 35.3 Å². The van der Waals surface area contributed by atoms with E-state index >= 15 is 0 Å². The molecule has 0 fully saturated rings. The number of aliphatic imine (C=N–C) groups is 1. The van der Waals surface area contributed by atoms with Crippen molar-refractivity contribution in [2.75, 3.05) is 20.1 Å². The minimum absolute atomic E-state index is 0. The zero-order valence-corrected chi connectivity index (χ0v) is 18.7. The molecule has 2 rings (SSSR count). The number of guanidine groups is 1. The molecule has 0 aliphatic carbocycles. The van der Waals surface area contributed by atoms with Gasteiger partial charge in [-0.1, -0.05) is 12.1 Å². The van der Waals surface area contributed by atoms with E-state index in [2.05, 4.69) is 20.3 Å². The highest BCUT2D eigenvalue weighted by atomic mass is 127. The summed E-state index contributed by atoms with van der Waals surface area (Å²) < 4.78 is 53.5. The van der Waals surface area contributed by atoms with Crippen LogP contribution in [0.15, 0.2) is 44.9 Å². The van der Waals surface area contributed by atoms with Crippen molar-refractivity contribution < 1.29 is 17.2 Å². The molecule has 0 aliphatic rings. The Hall–Kier alpha value is -1.31. The fourth-order valence-electron chi connectivity index (χ4n) is 2.18. The standard InChI is InChI=1S/C16H20F2N4O2S2.HI/c1-11(13-6-5-12(17)10-14(13)18)22-16(19-2)20-7-8-21-26(23,24)15-4-3-9-25-15;/h3-6,9-11,21H,7-8H2,1-2H3,(H2,19,20,22);1H. The zero-order chi connectivity index (χ0) is 19.2. The van der Waals surface area contributed by atoms with Crippen molar-refractivity contribution in [1.29, 1.82) is 0 Å². The molecule has 0 aliphatic heterocycles. The van der Waals surface area contributed by atoms with Crippen LogP contribution in [0.2, 0.25) is 0 Å². The second-order valence-electron chi connectivity index (χ2n) is 5.36. The van der Waals surface area contributed by atoms with Gasteiger partial charge >= 0.3 is 0 Å². The van der Waals surface area contributed by atoms with E-state index in [0.717, 1.165) is 17.4 Å². The zero-order valence-electron chi connectivity index (χ0n) is 14.7. The summed E-state index contributed by atoms with van der Waals surface area (Å²) in [6.07, 6.45) is 0. The fraction of sp³-hybridized carbons (Fsp3) is 0.312. The minimum Gasteiger partial charge on any atom is -0.355 e. The normalized spacial score (nSPS) is 13.0. The number of sulfonamides is 1. The molecular weight excluding hydrogens is 509 g/mol. The van der Waals surface area contributed by atoms with E-state index < -0.39 is 27.7 Å². The highest BCUT2D eigenvalue weighted by Gasteiger charge is 2.15. The summed E-state index contributed by atoms with van der Waals surface area (Å²) in [5, 5.41) is 7.60. The third-order valence-electron chi connectivity index (χ3n) is 3.48. The molecule has 0 saturated heterocycles. The van der Waals surface area contributed by atoms with Crippen LogP contribution in [-0.2, 0) is 10.0 Å². The number of hydrogen-bond donors (Lipinski definition) is 3. The summed E-state index contributed by atoms with van der Waals surface area (Å²) in [6, 6.07) is 6.11. The maximum absolute atomic E-state index is 13.8. The molecule has 1 aromatic heterocycles. The van der Waals surface area contributed by atoms with Gasteiger partial charge in [0.25, 0.3) is 0 Å². The largest absolute Gasteiger partial charge is 0.355 e. The quantitative estimate of drug-likeness (QED) is 0.223. The number of rotatable bonds is 7. The number of benzene rings is 1. The molecule has 2 aromatic rings. The fourth-order valence-corrected chi connectivity index (χ4v) is 4.25. The maximum atomic E-state index is 13.8. The van der Waals surface area contributed by atoms with Crippen molar-refractivity contribution in [2.24, 2.45) is 4.99 Å². The predicted octanol–water partition coefficient (Wildman–Crippen LogP) is 2.85. The van der Waals surface area contributed by atoms with Gasteiger partial charge in [-0.3, -0.25) is 4.99 Å². The Morgan fingerprint density at radius 1 is 1.26 bits per heavy atom. The lowest BCUT2D eigenvalue weighted by molar-refractivity contribution is 0.550. The van der Waals surface area contributed by atoms with Crippen LogP contribution < -0.4 is 15.4 Å². The number of nitrogens with one attached hydrogen (secondary N) is 3. The van der Waals surface area contributed by atoms with Gasteiger partial charge in [-0.2, -0.15) is 0 Å². The van der Waals surface area contributed by atoms with Crippen LogP contribution in [0, 0.1) is 11.6 Å². The monoisotopic (exact) mass is 530 g/mol. The molecule has 0 bridgehead atoms. The van der Waals surface area contributed by atoms with E-state index in [-0.39, 0.29) is 41.3 Å². The Morgan fingerprint density at radius 3 is 2.59 bits per heavy atom. The van der Waals surface area contributed by atoms with Gasteiger partial charge in [0, 0.05) is 31.8 Å². The van der Waals surface area contributed by atoms with Crippen LogP contribution in [0.4, 0.5) is 8.78 Å². The first-order chi connectivity index (χ1) is 12.3. The summed E-state index contributed by atoms with van der Waals surface area (Å²) in [5.74, 6) is -0.917. The maximum Gasteiger partial charge on any atom is 0.250 e. The molecule has 11 heteroatoms. The average molecular weight is 530 g/mol. The average Bonchev–Trinajstić information content (AvgIpc) is 3.13. The molecule has 0 radical (unpaired) electrons. The van der Waals surface area contributed by atoms with Crippen LogP contribution in [-0.4, -0.2) is 34.5 Å². The van der Waals surface area contributed by atoms with Gasteiger partial charge in [0.1, 0.15) is 15.8 Å². The summed E-state index contributed by atoms with van der Waals surface area (Å²) in [5.41, 5.74) is 0.299. The van der Waals surface area contributed by atoms with Crippen molar-refractivity contribution in [3.8, 4) is 0 Å². The molecule has 1 atom stereocenters. The molecule has 0 spiro atoms. The van der Waals surface area contributed by atoms with Gasteiger partial charge in [0.15, 0.2) is 5.96 Å². The first-order valence-electron chi connectivity index (χ1n) is 7.79. The van der Waals surface area contributed by atoms with Crippen molar-refractivity contribution in [3.63, 3.8) is 0 Å². The van der Waals surface area contributed by atoms with Gasteiger partial charge in [-0.25, -0.2) is 21.9 Å². The lowest BCUT2D eigenvalue weighted by Gasteiger charge is -2.19. The van der Waals surface area contributed by atoms with Gasteiger partial charge in [0.2, 0.25) is 10.0 Å². The van der Waals surface area contributed by atoms with Crippen LogP contribution in [0.5, 0.6) is 0 Å². The van der Waals surface area contributed by atoms with E-state index in [1.54, 1.807) is 25.4 Å². The molecule has 27 heavy (non-hydrogen) atoms. The van der Waals surface area contributed by atoms with Crippen LogP contribution in [0.1, 0.15) is 18.5 Å². The molecule has 1 aromatic carbocycles. The van der Waals surface area contributed by atoms with Crippen molar-refractivity contribution >= 4 is 51.3 Å². The molecular formula is C16H21F2IN4O2S2. The highest BCUT2D eigenvalue weighted by molar-refractivity contribution is 14.0. The van der Waals surface area contributed by atoms with Crippen LogP contribution in [0.25, 0.3) is 0 Å². The lowest BCUT2D eigenvalue weighted by Crippen LogP contribution is -2.42. The van der Waals surface area contributed by atoms with Crippen molar-refractivity contribution in [1.82, 2.24) is 15.4 Å². The second kappa shape index (κ2) is 10.9. The van der Waals surface area contributed by atoms with Crippen LogP contribution in [0.3, 0.4) is 0 Å². The first-order valence-corrected chi connectivity index (χ1v) is 10.1. The molecule has 0 amide bonds. The second-order valence-corrected chi connectivity index (χ2v) is 8.30. The van der Waals surface area contributed by atoms with Gasteiger partial charge < -0.3 is 10.6 Å². The molecule has 150 valence electrons. The van der Waals surface area contributed by atoms with Gasteiger partial charge in [-0.05, 0) is 24.4 Å². The van der Waals surface area contributed by atoms with Crippen molar-refractivity contribution in [2.45, 2.75) is 17.2 Å². The Kier molecular flexibility index (Phi) is 9.56. The number of hydrogen-bond acceptors (Lipinski definition) is 4. The third kappa shape index (κ3) is 6.97. The summed E-state index contributed by atoms with van der Waals surface area (Å²) in [7, 11) is -1.97. The molecule has 0 saturated carbocycles. The third-order valence-corrected chi connectivity index (χ3v) is 6.33. The number of thiophene rings is 1. The molecule has 1 unspecified atom stereocenters. The van der Waals surface area contributed by atoms with E-state index in [4.69, 9.17) is 0 Å². The minimum atomic E-state index is -3.51. The predicted molar refractivity (Wildman–Crippen MR) is 114 cm³/mol. The Bertz CT molecular complexity index is 861. The Morgan fingerprint density at radius 2 is 2.00 bits per heavy atom. The van der Waals surface area contributed by atoms with E-state index in [1.165, 1.54) is 18.2 Å².